The Bertz CT molecular complexity index is 650. The quantitative estimate of drug-likeness (QED) is 0.787. The van der Waals surface area contributed by atoms with E-state index in [-0.39, 0.29) is 11.9 Å². The molecule has 0 bridgehead atoms. The number of carbonyl (C=O) groups is 1. The molecule has 20 heavy (non-hydrogen) atoms. The molecule has 3 rings (SSSR count). The molecule has 1 unspecified atom stereocenters. The fourth-order valence-electron chi connectivity index (χ4n) is 2.36. The number of fused-ring (bicyclic) bond motifs is 1. The van der Waals surface area contributed by atoms with Gasteiger partial charge in [-0.05, 0) is 41.3 Å². The lowest BCUT2D eigenvalue weighted by Crippen LogP contribution is -2.20. The molecule has 2 aromatic heterocycles. The third-order valence-electron chi connectivity index (χ3n) is 3.32. The Kier molecular flexibility index (Phi) is 3.71. The van der Waals surface area contributed by atoms with Crippen molar-refractivity contribution in [3.63, 3.8) is 0 Å². The van der Waals surface area contributed by atoms with E-state index in [2.05, 4.69) is 26.0 Å². The van der Waals surface area contributed by atoms with Gasteiger partial charge in [0.2, 0.25) is 0 Å². The van der Waals surface area contributed by atoms with Gasteiger partial charge < -0.3 is 9.47 Å². The van der Waals surface area contributed by atoms with Gasteiger partial charge in [-0.1, -0.05) is 0 Å². The van der Waals surface area contributed by atoms with Crippen molar-refractivity contribution in [1.29, 1.82) is 0 Å². The number of halogens is 1. The van der Waals surface area contributed by atoms with Gasteiger partial charge in [0.1, 0.15) is 0 Å². The minimum atomic E-state index is -0.468. The average Bonchev–Trinajstić information content (AvgIpc) is 2.86. The topological polar surface area (TPSA) is 66.2 Å². The van der Waals surface area contributed by atoms with E-state index in [1.807, 2.05) is 6.07 Å². The Labute approximate surface area is 124 Å². The number of pyridine rings is 1. The number of hydrogen-bond donors (Lipinski definition) is 0. The van der Waals surface area contributed by atoms with Crippen molar-refractivity contribution >= 4 is 32.9 Å². The first-order valence-corrected chi connectivity index (χ1v) is 7.23. The molecule has 0 saturated carbocycles. The van der Waals surface area contributed by atoms with E-state index in [0.717, 1.165) is 23.7 Å². The first-order valence-electron chi connectivity index (χ1n) is 6.44. The van der Waals surface area contributed by atoms with Crippen LogP contribution in [0.3, 0.4) is 0 Å². The molecular weight excluding hydrogens is 326 g/mol. The largest absolute Gasteiger partial charge is 0.464 e. The molecule has 0 N–H and O–H groups in total. The molecule has 2 aromatic rings. The summed E-state index contributed by atoms with van der Waals surface area (Å²) in [6, 6.07) is 1.82. The van der Waals surface area contributed by atoms with Crippen LogP contribution in [0.1, 0.15) is 36.0 Å². The highest BCUT2D eigenvalue weighted by Gasteiger charge is 2.25. The maximum Gasteiger partial charge on any atom is 0.359 e. The zero-order valence-electron chi connectivity index (χ0n) is 11.0. The molecule has 1 fully saturated rings. The molecule has 0 aromatic carbocycles. The maximum atomic E-state index is 11.9. The zero-order valence-corrected chi connectivity index (χ0v) is 12.6. The van der Waals surface area contributed by atoms with Gasteiger partial charge in [0, 0.05) is 17.3 Å². The predicted molar refractivity (Wildman–Crippen MR) is 75.4 cm³/mol. The highest BCUT2D eigenvalue weighted by atomic mass is 79.9. The molecule has 3 heterocycles. The first kappa shape index (κ1) is 13.5. The summed E-state index contributed by atoms with van der Waals surface area (Å²) in [6.07, 6.45) is 4.52. The number of rotatable bonds is 2. The minimum Gasteiger partial charge on any atom is -0.464 e. The first-order chi connectivity index (χ1) is 9.70. The molecule has 1 saturated heterocycles. The lowest BCUT2D eigenvalue weighted by atomic mass is 10.2. The van der Waals surface area contributed by atoms with Gasteiger partial charge in [-0.2, -0.15) is 5.10 Å². The minimum absolute atomic E-state index is 0.168. The monoisotopic (exact) mass is 339 g/mol. The van der Waals surface area contributed by atoms with Crippen LogP contribution in [0.25, 0.3) is 11.0 Å². The summed E-state index contributed by atoms with van der Waals surface area (Å²) in [4.78, 5) is 16.2. The maximum absolute atomic E-state index is 11.9. The van der Waals surface area contributed by atoms with Gasteiger partial charge >= 0.3 is 5.97 Å². The fourth-order valence-corrected chi connectivity index (χ4v) is 2.69. The molecule has 0 radical (unpaired) electrons. The van der Waals surface area contributed by atoms with Crippen LogP contribution in [0.4, 0.5) is 0 Å². The second-order valence-corrected chi connectivity index (χ2v) is 5.55. The molecule has 1 aliphatic rings. The van der Waals surface area contributed by atoms with E-state index in [0.29, 0.717) is 17.6 Å². The average molecular weight is 340 g/mol. The van der Waals surface area contributed by atoms with Crippen LogP contribution < -0.4 is 0 Å². The van der Waals surface area contributed by atoms with E-state index in [4.69, 9.17) is 9.47 Å². The Morgan fingerprint density at radius 2 is 2.40 bits per heavy atom. The van der Waals surface area contributed by atoms with Crippen LogP contribution in [0, 0.1) is 0 Å². The molecule has 1 aliphatic heterocycles. The van der Waals surface area contributed by atoms with Crippen LogP contribution in [-0.2, 0) is 9.47 Å². The Morgan fingerprint density at radius 3 is 3.10 bits per heavy atom. The SMILES string of the molecule is COC(=O)c1nn(C2CCCCO2)c2ncc(Br)cc12. The second-order valence-electron chi connectivity index (χ2n) is 4.63. The number of hydrogen-bond acceptors (Lipinski definition) is 5. The van der Waals surface area contributed by atoms with Crippen molar-refractivity contribution in [3.05, 3.63) is 22.4 Å². The number of ether oxygens (including phenoxy) is 2. The second kappa shape index (κ2) is 5.49. The van der Waals surface area contributed by atoms with Crippen molar-refractivity contribution in [2.45, 2.75) is 25.5 Å². The summed E-state index contributed by atoms with van der Waals surface area (Å²) in [5.41, 5.74) is 0.908. The highest BCUT2D eigenvalue weighted by molar-refractivity contribution is 9.10. The number of methoxy groups -OCH3 is 1. The third kappa shape index (κ3) is 2.31. The summed E-state index contributed by atoms with van der Waals surface area (Å²) in [6.45, 7) is 0.704. The molecule has 1 atom stereocenters. The molecule has 7 heteroatoms. The van der Waals surface area contributed by atoms with Gasteiger partial charge in [0.15, 0.2) is 17.6 Å². The van der Waals surface area contributed by atoms with Crippen molar-refractivity contribution in [3.8, 4) is 0 Å². The van der Waals surface area contributed by atoms with Crippen LogP contribution in [-0.4, -0.2) is 34.5 Å². The zero-order chi connectivity index (χ0) is 14.1. The molecule has 6 nitrogen and oxygen atoms in total. The van der Waals surface area contributed by atoms with Crippen molar-refractivity contribution in [2.75, 3.05) is 13.7 Å². The third-order valence-corrected chi connectivity index (χ3v) is 3.75. The van der Waals surface area contributed by atoms with Gasteiger partial charge in [-0.3, -0.25) is 0 Å². The van der Waals surface area contributed by atoms with Gasteiger partial charge in [0.05, 0.1) is 12.5 Å². The van der Waals surface area contributed by atoms with E-state index < -0.39 is 5.97 Å². The molecular formula is C13H14BrN3O3. The van der Waals surface area contributed by atoms with Crippen LogP contribution in [0.2, 0.25) is 0 Å². The Hall–Kier alpha value is -1.47. The number of esters is 1. The summed E-state index contributed by atoms with van der Waals surface area (Å²) in [5.74, 6) is -0.468. The normalized spacial score (nSPS) is 19.2. The Balaban J connectivity index is 2.14. The summed E-state index contributed by atoms with van der Waals surface area (Å²) < 4.78 is 13.0. The van der Waals surface area contributed by atoms with Crippen LogP contribution in [0.15, 0.2) is 16.7 Å². The predicted octanol–water partition coefficient (Wildman–Crippen LogP) is 2.68. The molecule has 106 valence electrons. The highest BCUT2D eigenvalue weighted by Crippen LogP contribution is 2.28. The molecule has 0 spiro atoms. The lowest BCUT2D eigenvalue weighted by molar-refractivity contribution is -0.0372. The van der Waals surface area contributed by atoms with Crippen LogP contribution >= 0.6 is 15.9 Å². The van der Waals surface area contributed by atoms with E-state index in [9.17, 15) is 4.79 Å². The Morgan fingerprint density at radius 1 is 1.55 bits per heavy atom. The van der Waals surface area contributed by atoms with Crippen molar-refractivity contribution < 1.29 is 14.3 Å². The van der Waals surface area contributed by atoms with Gasteiger partial charge in [0.25, 0.3) is 0 Å². The van der Waals surface area contributed by atoms with E-state index in [1.54, 1.807) is 10.9 Å². The number of carbonyl (C=O) groups excluding carboxylic acids is 1. The summed E-state index contributed by atoms with van der Waals surface area (Å²) in [7, 11) is 1.34. The fraction of sp³-hybridized carbons (Fsp3) is 0.462. The van der Waals surface area contributed by atoms with E-state index >= 15 is 0 Å². The van der Waals surface area contributed by atoms with Crippen molar-refractivity contribution in [1.82, 2.24) is 14.8 Å². The number of aromatic nitrogens is 3. The summed E-state index contributed by atoms with van der Waals surface area (Å²) >= 11 is 3.36. The summed E-state index contributed by atoms with van der Waals surface area (Å²) in [5, 5.41) is 5.03. The molecule has 0 aliphatic carbocycles. The van der Waals surface area contributed by atoms with Gasteiger partial charge in [-0.25, -0.2) is 14.5 Å². The lowest BCUT2D eigenvalue weighted by Gasteiger charge is -2.22. The number of nitrogens with zero attached hydrogens (tertiary/aromatic N) is 3. The smallest absolute Gasteiger partial charge is 0.359 e. The molecule has 0 amide bonds. The standard InChI is InChI=1S/C13H14BrN3O3/c1-19-13(18)11-9-6-8(14)7-15-12(9)17(16-11)10-4-2-3-5-20-10/h6-7,10H,2-5H2,1H3. The van der Waals surface area contributed by atoms with Crippen LogP contribution in [0.5, 0.6) is 0 Å². The van der Waals surface area contributed by atoms with Gasteiger partial charge in [-0.15, -0.1) is 0 Å². The van der Waals surface area contributed by atoms with Crippen molar-refractivity contribution in [2.24, 2.45) is 0 Å². The van der Waals surface area contributed by atoms with E-state index in [1.165, 1.54) is 7.11 Å².